The van der Waals surface area contributed by atoms with Crippen LogP contribution in [-0.4, -0.2) is 0 Å². The molecule has 0 aliphatic carbocycles. The Kier molecular flexibility index (Phi) is 4.67. The summed E-state index contributed by atoms with van der Waals surface area (Å²) < 4.78 is 0. The van der Waals surface area contributed by atoms with Crippen molar-refractivity contribution in [3.8, 4) is 11.1 Å². The average Bonchev–Trinajstić information content (AvgIpc) is 2.56. The topological polar surface area (TPSA) is 12.0 Å². The van der Waals surface area contributed by atoms with E-state index in [2.05, 4.69) is 85.0 Å². The highest BCUT2D eigenvalue weighted by Gasteiger charge is 1.99. The summed E-state index contributed by atoms with van der Waals surface area (Å²) >= 11 is 0. The number of hydrogen-bond donors (Lipinski definition) is 1. The van der Waals surface area contributed by atoms with Crippen LogP contribution in [0.1, 0.15) is 16.7 Å². The molecular weight excluding hydrogens is 266 g/mol. The molecule has 0 aromatic heterocycles. The van der Waals surface area contributed by atoms with Crippen molar-refractivity contribution in [2.24, 2.45) is 0 Å². The molecule has 0 radical (unpaired) electrons. The van der Waals surface area contributed by atoms with Crippen molar-refractivity contribution in [1.29, 1.82) is 0 Å². The normalized spacial score (nSPS) is 10.6. The second-order valence-corrected chi connectivity index (χ2v) is 5.66. The monoisotopic (exact) mass is 287 g/mol. The standard InChI is InChI=1S/C21H21N/c1-17-6-5-9-21(14-17)20-12-10-19(11-13-20)16-22-15-18-7-3-2-4-8-18/h2-14,22H,15-16H2,1H3. The van der Waals surface area contributed by atoms with Gasteiger partial charge in [0.05, 0.1) is 0 Å². The molecule has 0 spiro atoms. The van der Waals surface area contributed by atoms with E-state index in [9.17, 15) is 0 Å². The molecule has 3 aromatic rings. The van der Waals surface area contributed by atoms with Gasteiger partial charge in [-0.3, -0.25) is 0 Å². The highest BCUT2D eigenvalue weighted by atomic mass is 14.8. The van der Waals surface area contributed by atoms with E-state index in [1.54, 1.807) is 0 Å². The number of nitrogens with one attached hydrogen (secondary N) is 1. The minimum atomic E-state index is 0.892. The smallest absolute Gasteiger partial charge is 0.0208 e. The summed E-state index contributed by atoms with van der Waals surface area (Å²) in [5.74, 6) is 0. The van der Waals surface area contributed by atoms with Crippen molar-refractivity contribution < 1.29 is 0 Å². The molecular formula is C21H21N. The Morgan fingerprint density at radius 3 is 2.00 bits per heavy atom. The van der Waals surface area contributed by atoms with E-state index in [4.69, 9.17) is 0 Å². The Bertz CT molecular complexity index is 714. The summed E-state index contributed by atoms with van der Waals surface area (Å²) in [5, 5.41) is 3.49. The van der Waals surface area contributed by atoms with E-state index in [-0.39, 0.29) is 0 Å². The van der Waals surface area contributed by atoms with Crippen LogP contribution in [0.15, 0.2) is 78.9 Å². The molecule has 0 saturated heterocycles. The van der Waals surface area contributed by atoms with Gasteiger partial charge < -0.3 is 5.32 Å². The maximum Gasteiger partial charge on any atom is 0.0208 e. The Balaban J connectivity index is 1.60. The fourth-order valence-corrected chi connectivity index (χ4v) is 2.59. The molecule has 0 amide bonds. The van der Waals surface area contributed by atoms with Crippen LogP contribution >= 0.6 is 0 Å². The molecule has 1 N–H and O–H groups in total. The second kappa shape index (κ2) is 7.06. The van der Waals surface area contributed by atoms with E-state index in [1.165, 1.54) is 27.8 Å². The van der Waals surface area contributed by atoms with E-state index < -0.39 is 0 Å². The van der Waals surface area contributed by atoms with Gasteiger partial charge in [0.2, 0.25) is 0 Å². The molecule has 0 fully saturated rings. The SMILES string of the molecule is Cc1cccc(-c2ccc(CNCc3ccccc3)cc2)c1. The van der Waals surface area contributed by atoms with Crippen LogP contribution in [0.2, 0.25) is 0 Å². The van der Waals surface area contributed by atoms with Crippen molar-refractivity contribution in [2.75, 3.05) is 0 Å². The molecule has 3 rings (SSSR count). The van der Waals surface area contributed by atoms with Crippen LogP contribution in [-0.2, 0) is 13.1 Å². The quantitative estimate of drug-likeness (QED) is 0.700. The van der Waals surface area contributed by atoms with E-state index in [0.717, 1.165) is 13.1 Å². The van der Waals surface area contributed by atoms with Gasteiger partial charge in [0, 0.05) is 13.1 Å². The molecule has 1 heteroatoms. The summed E-state index contributed by atoms with van der Waals surface area (Å²) in [7, 11) is 0. The van der Waals surface area contributed by atoms with Crippen molar-refractivity contribution in [1.82, 2.24) is 5.32 Å². The minimum absolute atomic E-state index is 0.892. The van der Waals surface area contributed by atoms with E-state index in [1.807, 2.05) is 6.07 Å². The third-order valence-corrected chi connectivity index (χ3v) is 3.81. The minimum Gasteiger partial charge on any atom is -0.309 e. The molecule has 0 aliphatic rings. The van der Waals surface area contributed by atoms with Gasteiger partial charge in [-0.05, 0) is 29.2 Å². The van der Waals surface area contributed by atoms with Gasteiger partial charge in [-0.2, -0.15) is 0 Å². The first-order valence-electron chi connectivity index (χ1n) is 7.72. The number of hydrogen-bond acceptors (Lipinski definition) is 1. The van der Waals surface area contributed by atoms with Crippen molar-refractivity contribution >= 4 is 0 Å². The van der Waals surface area contributed by atoms with Crippen LogP contribution in [0, 0.1) is 6.92 Å². The molecule has 0 heterocycles. The summed E-state index contributed by atoms with van der Waals surface area (Å²) in [4.78, 5) is 0. The lowest BCUT2D eigenvalue weighted by Crippen LogP contribution is -2.12. The summed E-state index contributed by atoms with van der Waals surface area (Å²) in [5.41, 5.74) is 6.48. The van der Waals surface area contributed by atoms with Crippen LogP contribution in [0.25, 0.3) is 11.1 Å². The van der Waals surface area contributed by atoms with Gasteiger partial charge in [-0.1, -0.05) is 84.4 Å². The molecule has 0 unspecified atom stereocenters. The highest BCUT2D eigenvalue weighted by Crippen LogP contribution is 2.20. The zero-order valence-corrected chi connectivity index (χ0v) is 12.9. The maximum atomic E-state index is 3.49. The molecule has 1 nitrogen and oxygen atoms in total. The lowest BCUT2D eigenvalue weighted by molar-refractivity contribution is 0.693. The van der Waals surface area contributed by atoms with E-state index in [0.29, 0.717) is 0 Å². The molecule has 0 atom stereocenters. The predicted molar refractivity (Wildman–Crippen MR) is 93.6 cm³/mol. The van der Waals surface area contributed by atoms with Crippen molar-refractivity contribution in [3.63, 3.8) is 0 Å². The Morgan fingerprint density at radius 2 is 1.32 bits per heavy atom. The molecule has 22 heavy (non-hydrogen) atoms. The largest absolute Gasteiger partial charge is 0.309 e. The lowest BCUT2D eigenvalue weighted by atomic mass is 10.0. The van der Waals surface area contributed by atoms with Crippen LogP contribution in [0.3, 0.4) is 0 Å². The van der Waals surface area contributed by atoms with Crippen LogP contribution in [0.5, 0.6) is 0 Å². The van der Waals surface area contributed by atoms with Gasteiger partial charge in [-0.15, -0.1) is 0 Å². The Hall–Kier alpha value is -2.38. The Labute approximate surface area is 132 Å². The van der Waals surface area contributed by atoms with Crippen LogP contribution < -0.4 is 5.32 Å². The van der Waals surface area contributed by atoms with Gasteiger partial charge in [0.15, 0.2) is 0 Å². The molecule has 0 bridgehead atoms. The Morgan fingerprint density at radius 1 is 0.636 bits per heavy atom. The first kappa shape index (κ1) is 14.6. The number of benzene rings is 3. The van der Waals surface area contributed by atoms with Crippen molar-refractivity contribution in [3.05, 3.63) is 95.6 Å². The van der Waals surface area contributed by atoms with Gasteiger partial charge >= 0.3 is 0 Å². The third kappa shape index (κ3) is 3.84. The fourth-order valence-electron chi connectivity index (χ4n) is 2.59. The maximum absolute atomic E-state index is 3.49. The number of aryl methyl sites for hydroxylation is 1. The summed E-state index contributed by atoms with van der Waals surface area (Å²) in [6.45, 7) is 3.93. The first-order valence-corrected chi connectivity index (χ1v) is 7.72. The fraction of sp³-hybridized carbons (Fsp3) is 0.143. The van der Waals surface area contributed by atoms with Crippen LogP contribution in [0.4, 0.5) is 0 Å². The predicted octanol–water partition coefficient (Wildman–Crippen LogP) is 4.95. The second-order valence-electron chi connectivity index (χ2n) is 5.66. The van der Waals surface area contributed by atoms with Crippen molar-refractivity contribution in [2.45, 2.75) is 20.0 Å². The zero-order chi connectivity index (χ0) is 15.2. The molecule has 3 aromatic carbocycles. The van der Waals surface area contributed by atoms with Gasteiger partial charge in [0.1, 0.15) is 0 Å². The first-order chi connectivity index (χ1) is 10.8. The number of rotatable bonds is 5. The van der Waals surface area contributed by atoms with E-state index >= 15 is 0 Å². The summed E-state index contributed by atoms with van der Waals surface area (Å²) in [6, 6.07) is 27.9. The molecule has 0 aliphatic heterocycles. The highest BCUT2D eigenvalue weighted by molar-refractivity contribution is 5.64. The zero-order valence-electron chi connectivity index (χ0n) is 12.9. The molecule has 0 saturated carbocycles. The summed E-state index contributed by atoms with van der Waals surface area (Å²) in [6.07, 6.45) is 0. The van der Waals surface area contributed by atoms with Gasteiger partial charge in [-0.25, -0.2) is 0 Å². The third-order valence-electron chi connectivity index (χ3n) is 3.81. The molecule has 110 valence electrons. The average molecular weight is 287 g/mol. The van der Waals surface area contributed by atoms with Gasteiger partial charge in [0.25, 0.3) is 0 Å². The lowest BCUT2D eigenvalue weighted by Gasteiger charge is -2.07.